The number of anilines is 2. The molecule has 1 aromatic heterocycles. The fraction of sp³-hybridized carbons (Fsp3) is 0.333. The third kappa shape index (κ3) is 3.75. The summed E-state index contributed by atoms with van der Waals surface area (Å²) >= 11 is 0. The zero-order valence-corrected chi connectivity index (χ0v) is 13.7. The van der Waals surface area contributed by atoms with Gasteiger partial charge in [-0.1, -0.05) is 6.92 Å². The molecule has 1 aliphatic rings. The van der Waals surface area contributed by atoms with Crippen LogP contribution < -0.4 is 10.2 Å². The summed E-state index contributed by atoms with van der Waals surface area (Å²) < 4.78 is 39.7. The van der Waals surface area contributed by atoms with Gasteiger partial charge in [-0.2, -0.15) is 0 Å². The molecule has 132 valence electrons. The molecule has 1 saturated heterocycles. The topological polar surface area (TPSA) is 45.2 Å². The Kier molecular flexibility index (Phi) is 4.92. The van der Waals surface area contributed by atoms with Crippen LogP contribution in [0.4, 0.5) is 24.5 Å². The Hall–Kier alpha value is -2.57. The van der Waals surface area contributed by atoms with Gasteiger partial charge < -0.3 is 10.2 Å². The molecule has 25 heavy (non-hydrogen) atoms. The molecule has 1 fully saturated rings. The van der Waals surface area contributed by atoms with Crippen molar-refractivity contribution in [2.45, 2.75) is 19.8 Å². The number of carbonyl (C=O) groups excluding carboxylic acids is 1. The van der Waals surface area contributed by atoms with Crippen LogP contribution in [0.15, 0.2) is 30.5 Å². The SMILES string of the molecule is CC1CCN(c2ccc(C(=O)Nc3ccc(F)c(F)c3F)nc2)CC1. The second kappa shape index (κ2) is 7.13. The van der Waals surface area contributed by atoms with Crippen LogP contribution in [0.5, 0.6) is 0 Å². The number of piperidine rings is 1. The fourth-order valence-corrected chi connectivity index (χ4v) is 2.78. The Bertz CT molecular complexity index is 772. The maximum absolute atomic E-state index is 13.6. The summed E-state index contributed by atoms with van der Waals surface area (Å²) in [4.78, 5) is 18.4. The Morgan fingerprint density at radius 1 is 1.12 bits per heavy atom. The normalized spacial score (nSPS) is 15.3. The van der Waals surface area contributed by atoms with E-state index in [9.17, 15) is 18.0 Å². The molecule has 1 N–H and O–H groups in total. The van der Waals surface area contributed by atoms with Crippen LogP contribution in [-0.4, -0.2) is 24.0 Å². The van der Waals surface area contributed by atoms with Crippen molar-refractivity contribution in [2.75, 3.05) is 23.3 Å². The molecule has 0 radical (unpaired) electrons. The van der Waals surface area contributed by atoms with Gasteiger partial charge in [0.25, 0.3) is 5.91 Å². The van der Waals surface area contributed by atoms with Crippen LogP contribution in [-0.2, 0) is 0 Å². The molecule has 0 spiro atoms. The highest BCUT2D eigenvalue weighted by atomic mass is 19.2. The lowest BCUT2D eigenvalue weighted by molar-refractivity contribution is 0.102. The minimum absolute atomic E-state index is 0.0678. The Balaban J connectivity index is 1.70. The number of rotatable bonds is 3. The molecule has 0 saturated carbocycles. The molecule has 3 rings (SSSR count). The smallest absolute Gasteiger partial charge is 0.274 e. The molecule has 1 aromatic carbocycles. The number of nitrogens with one attached hydrogen (secondary N) is 1. The second-order valence-corrected chi connectivity index (χ2v) is 6.25. The molecule has 2 heterocycles. The van der Waals surface area contributed by atoms with Crippen molar-refractivity contribution in [3.63, 3.8) is 0 Å². The van der Waals surface area contributed by atoms with Crippen LogP contribution in [0.1, 0.15) is 30.3 Å². The van der Waals surface area contributed by atoms with Crippen LogP contribution in [0.2, 0.25) is 0 Å². The quantitative estimate of drug-likeness (QED) is 0.853. The van der Waals surface area contributed by atoms with Crippen LogP contribution >= 0.6 is 0 Å². The van der Waals surface area contributed by atoms with E-state index in [2.05, 4.69) is 22.1 Å². The number of aromatic nitrogens is 1. The van der Waals surface area contributed by atoms with Crippen LogP contribution in [0.25, 0.3) is 0 Å². The fourth-order valence-electron chi connectivity index (χ4n) is 2.78. The number of nitrogens with zero attached hydrogens (tertiary/aromatic N) is 2. The first-order valence-corrected chi connectivity index (χ1v) is 8.11. The van der Waals surface area contributed by atoms with E-state index in [1.54, 1.807) is 12.3 Å². The summed E-state index contributed by atoms with van der Waals surface area (Å²) in [6.07, 6.45) is 3.81. The van der Waals surface area contributed by atoms with E-state index < -0.39 is 29.0 Å². The van der Waals surface area contributed by atoms with Gasteiger partial charge in [-0.15, -0.1) is 0 Å². The van der Waals surface area contributed by atoms with E-state index in [0.29, 0.717) is 5.92 Å². The minimum atomic E-state index is -1.62. The summed E-state index contributed by atoms with van der Waals surface area (Å²) in [5.74, 6) is -4.36. The van der Waals surface area contributed by atoms with E-state index in [-0.39, 0.29) is 5.69 Å². The monoisotopic (exact) mass is 349 g/mol. The summed E-state index contributed by atoms with van der Waals surface area (Å²) in [6, 6.07) is 5.02. The molecule has 4 nitrogen and oxygen atoms in total. The number of amides is 1. The molecule has 0 unspecified atom stereocenters. The predicted molar refractivity (Wildman–Crippen MR) is 89.1 cm³/mol. The lowest BCUT2D eigenvalue weighted by Gasteiger charge is -2.31. The van der Waals surface area contributed by atoms with Gasteiger partial charge in [0, 0.05) is 13.1 Å². The standard InChI is InChI=1S/C18H18F3N3O/c1-11-6-8-24(9-7-11)12-2-4-15(22-10-12)18(25)23-14-5-3-13(19)16(20)17(14)21/h2-5,10-11H,6-9H2,1H3,(H,23,25). The zero-order chi connectivity index (χ0) is 18.0. The average molecular weight is 349 g/mol. The first kappa shape index (κ1) is 17.3. The highest BCUT2D eigenvalue weighted by Crippen LogP contribution is 2.23. The van der Waals surface area contributed by atoms with E-state index in [1.165, 1.54) is 6.07 Å². The van der Waals surface area contributed by atoms with E-state index >= 15 is 0 Å². The van der Waals surface area contributed by atoms with Gasteiger partial charge in [-0.05, 0) is 43.0 Å². The number of hydrogen-bond acceptors (Lipinski definition) is 3. The summed E-state index contributed by atoms with van der Waals surface area (Å²) in [7, 11) is 0. The van der Waals surface area contributed by atoms with Crippen molar-refractivity contribution < 1.29 is 18.0 Å². The molecule has 0 aliphatic carbocycles. The van der Waals surface area contributed by atoms with Crippen molar-refractivity contribution in [2.24, 2.45) is 5.92 Å². The van der Waals surface area contributed by atoms with Crippen molar-refractivity contribution >= 4 is 17.3 Å². The molecule has 2 aromatic rings. The molecule has 7 heteroatoms. The Labute approximate surface area is 143 Å². The van der Waals surface area contributed by atoms with Gasteiger partial charge in [0.1, 0.15) is 5.69 Å². The summed E-state index contributed by atoms with van der Waals surface area (Å²) in [5, 5.41) is 2.20. The highest BCUT2D eigenvalue weighted by molar-refractivity contribution is 6.03. The second-order valence-electron chi connectivity index (χ2n) is 6.25. The summed E-state index contributed by atoms with van der Waals surface area (Å²) in [6.45, 7) is 4.10. The number of benzene rings is 1. The van der Waals surface area contributed by atoms with Gasteiger partial charge in [-0.3, -0.25) is 4.79 Å². The van der Waals surface area contributed by atoms with Gasteiger partial charge in [0.2, 0.25) is 0 Å². The van der Waals surface area contributed by atoms with Gasteiger partial charge in [0.15, 0.2) is 17.5 Å². The molecule has 1 aliphatic heterocycles. The van der Waals surface area contributed by atoms with E-state index in [1.807, 2.05) is 0 Å². The highest BCUT2D eigenvalue weighted by Gasteiger charge is 2.18. The van der Waals surface area contributed by atoms with Crippen molar-refractivity contribution in [3.05, 3.63) is 53.6 Å². The van der Waals surface area contributed by atoms with E-state index in [0.717, 1.165) is 43.8 Å². The first-order chi connectivity index (χ1) is 12.0. The molecular weight excluding hydrogens is 331 g/mol. The molecule has 0 bridgehead atoms. The number of halogens is 3. The number of pyridine rings is 1. The summed E-state index contributed by atoms with van der Waals surface area (Å²) in [5.41, 5.74) is 0.556. The molecule has 0 atom stereocenters. The van der Waals surface area contributed by atoms with Gasteiger partial charge >= 0.3 is 0 Å². The van der Waals surface area contributed by atoms with Crippen molar-refractivity contribution in [1.82, 2.24) is 4.98 Å². The van der Waals surface area contributed by atoms with Crippen LogP contribution in [0, 0.1) is 23.4 Å². The third-order valence-electron chi connectivity index (χ3n) is 4.41. The molecular formula is C18H18F3N3O. The zero-order valence-electron chi connectivity index (χ0n) is 13.7. The third-order valence-corrected chi connectivity index (χ3v) is 4.41. The molecule has 1 amide bonds. The van der Waals surface area contributed by atoms with Crippen molar-refractivity contribution in [1.29, 1.82) is 0 Å². The lowest BCUT2D eigenvalue weighted by Crippen LogP contribution is -2.32. The van der Waals surface area contributed by atoms with Gasteiger partial charge in [-0.25, -0.2) is 18.2 Å². The Morgan fingerprint density at radius 2 is 1.84 bits per heavy atom. The maximum atomic E-state index is 13.6. The van der Waals surface area contributed by atoms with Gasteiger partial charge in [0.05, 0.1) is 17.6 Å². The first-order valence-electron chi connectivity index (χ1n) is 8.11. The minimum Gasteiger partial charge on any atom is -0.370 e. The van der Waals surface area contributed by atoms with Crippen molar-refractivity contribution in [3.8, 4) is 0 Å². The lowest BCUT2D eigenvalue weighted by atomic mass is 9.99. The number of hydrogen-bond donors (Lipinski definition) is 1. The average Bonchev–Trinajstić information content (AvgIpc) is 2.63. The van der Waals surface area contributed by atoms with Crippen LogP contribution in [0.3, 0.4) is 0 Å². The number of carbonyl (C=O) groups is 1. The van der Waals surface area contributed by atoms with E-state index in [4.69, 9.17) is 0 Å². The Morgan fingerprint density at radius 3 is 2.48 bits per heavy atom. The maximum Gasteiger partial charge on any atom is 0.274 e. The largest absolute Gasteiger partial charge is 0.370 e. The predicted octanol–water partition coefficient (Wildman–Crippen LogP) is 3.99.